The maximum atomic E-state index is 12.7. The zero-order valence-corrected chi connectivity index (χ0v) is 13.8. The monoisotopic (exact) mass is 324 g/mol. The Morgan fingerprint density at radius 2 is 2.04 bits per heavy atom. The molecule has 0 aromatic heterocycles. The van der Waals surface area contributed by atoms with Crippen LogP contribution in [0.1, 0.15) is 30.5 Å². The number of fused-ring (bicyclic) bond motifs is 4. The van der Waals surface area contributed by atoms with Gasteiger partial charge in [-0.3, -0.25) is 4.90 Å². The Balaban J connectivity index is 1.72. The molecule has 1 saturated heterocycles. The number of hydrogen-bond acceptors (Lipinski definition) is 3. The van der Waals surface area contributed by atoms with Crippen LogP contribution in [0, 0.1) is 0 Å². The number of nitrogens with one attached hydrogen (secondary N) is 1. The van der Waals surface area contributed by atoms with E-state index >= 15 is 0 Å². The first-order chi connectivity index (χ1) is 11.6. The van der Waals surface area contributed by atoms with Crippen LogP contribution in [0.25, 0.3) is 0 Å². The number of hydrogen-bond donors (Lipinski definition) is 1. The van der Waals surface area contributed by atoms with E-state index in [1.165, 1.54) is 0 Å². The molecular formula is C19H20N2O3. The minimum absolute atomic E-state index is 0.0617. The van der Waals surface area contributed by atoms with Crippen molar-refractivity contribution in [2.45, 2.75) is 31.7 Å². The van der Waals surface area contributed by atoms with E-state index in [9.17, 15) is 4.79 Å². The van der Waals surface area contributed by atoms with Gasteiger partial charge in [0.1, 0.15) is 0 Å². The van der Waals surface area contributed by atoms with Gasteiger partial charge in [-0.1, -0.05) is 42.5 Å². The van der Waals surface area contributed by atoms with Gasteiger partial charge in [0.05, 0.1) is 19.7 Å². The third kappa shape index (κ3) is 2.28. The van der Waals surface area contributed by atoms with E-state index in [1.807, 2.05) is 55.5 Å². The quantitative estimate of drug-likeness (QED) is 0.940. The lowest BCUT2D eigenvalue weighted by Gasteiger charge is -2.50. The Labute approximate surface area is 141 Å². The maximum Gasteiger partial charge on any atom is 0.321 e. The molecule has 2 atom stereocenters. The van der Waals surface area contributed by atoms with Crippen molar-refractivity contribution >= 4 is 6.03 Å². The standard InChI is InChI=1S/C19H20N2O3/c1-19-11-15(14-9-6-10-16(23-2)17(14)24-19)20-18(22)21(19)12-13-7-4-3-5-8-13/h3-10,15H,11-12H2,1-2H3,(H,20,22)/t15-,19+/m1/s1. The molecule has 0 saturated carbocycles. The number of urea groups is 1. The Morgan fingerprint density at radius 3 is 2.79 bits per heavy atom. The van der Waals surface area contributed by atoms with Gasteiger partial charge in [0, 0.05) is 12.0 Å². The van der Waals surface area contributed by atoms with Gasteiger partial charge < -0.3 is 14.8 Å². The van der Waals surface area contributed by atoms with E-state index in [4.69, 9.17) is 9.47 Å². The molecule has 2 aliphatic rings. The molecule has 124 valence electrons. The van der Waals surface area contributed by atoms with Gasteiger partial charge in [0.15, 0.2) is 17.2 Å². The van der Waals surface area contributed by atoms with Crippen LogP contribution in [0.3, 0.4) is 0 Å². The summed E-state index contributed by atoms with van der Waals surface area (Å²) < 4.78 is 11.8. The van der Waals surface area contributed by atoms with Gasteiger partial charge >= 0.3 is 6.03 Å². The van der Waals surface area contributed by atoms with Crippen LogP contribution < -0.4 is 14.8 Å². The van der Waals surface area contributed by atoms with Crippen LogP contribution >= 0.6 is 0 Å². The largest absolute Gasteiger partial charge is 0.493 e. The van der Waals surface area contributed by atoms with Crippen LogP contribution in [0.15, 0.2) is 48.5 Å². The fourth-order valence-electron chi connectivity index (χ4n) is 3.57. The molecular weight excluding hydrogens is 304 g/mol. The highest BCUT2D eigenvalue weighted by atomic mass is 16.5. The van der Waals surface area contributed by atoms with Crippen molar-refractivity contribution in [2.24, 2.45) is 0 Å². The summed E-state index contributed by atoms with van der Waals surface area (Å²) in [4.78, 5) is 14.4. The average Bonchev–Trinajstić information content (AvgIpc) is 2.59. The third-order valence-electron chi connectivity index (χ3n) is 4.81. The first kappa shape index (κ1) is 14.9. The summed E-state index contributed by atoms with van der Waals surface area (Å²) in [6.45, 7) is 2.47. The van der Waals surface area contributed by atoms with Crippen molar-refractivity contribution in [2.75, 3.05) is 7.11 Å². The molecule has 2 aromatic carbocycles. The minimum atomic E-state index is -0.704. The highest BCUT2D eigenvalue weighted by Crippen LogP contribution is 2.48. The van der Waals surface area contributed by atoms with E-state index in [1.54, 1.807) is 12.0 Å². The van der Waals surface area contributed by atoms with Crippen LogP contribution in [0.2, 0.25) is 0 Å². The predicted octanol–water partition coefficient (Wildman–Crippen LogP) is 3.46. The lowest BCUT2D eigenvalue weighted by Crippen LogP contribution is -2.64. The first-order valence-corrected chi connectivity index (χ1v) is 8.09. The molecule has 1 fully saturated rings. The van der Waals surface area contributed by atoms with Crippen LogP contribution in [0.5, 0.6) is 11.5 Å². The Hall–Kier alpha value is -2.69. The number of ether oxygens (including phenoxy) is 2. The Bertz CT molecular complexity index is 777. The van der Waals surface area contributed by atoms with Crippen LogP contribution in [-0.2, 0) is 6.54 Å². The molecule has 0 unspecified atom stereocenters. The summed E-state index contributed by atoms with van der Waals surface area (Å²) in [5.74, 6) is 1.41. The van der Waals surface area contributed by atoms with E-state index in [-0.39, 0.29) is 12.1 Å². The van der Waals surface area contributed by atoms with E-state index in [0.717, 1.165) is 16.9 Å². The second-order valence-electron chi connectivity index (χ2n) is 6.43. The molecule has 0 radical (unpaired) electrons. The number of benzene rings is 2. The highest BCUT2D eigenvalue weighted by Gasteiger charge is 2.49. The summed E-state index contributed by atoms with van der Waals surface area (Å²) in [6.07, 6.45) is 0.700. The summed E-state index contributed by atoms with van der Waals surface area (Å²) in [5.41, 5.74) is 1.34. The molecule has 2 bridgehead atoms. The normalized spacial score (nSPS) is 24.7. The number of nitrogens with zero attached hydrogens (tertiary/aromatic N) is 1. The molecule has 2 aromatic rings. The highest BCUT2D eigenvalue weighted by molar-refractivity contribution is 5.77. The second kappa shape index (κ2) is 5.44. The average molecular weight is 324 g/mol. The van der Waals surface area contributed by atoms with Gasteiger partial charge in [-0.05, 0) is 18.6 Å². The summed E-state index contributed by atoms with van der Waals surface area (Å²) in [7, 11) is 1.63. The molecule has 4 rings (SSSR count). The topological polar surface area (TPSA) is 50.8 Å². The molecule has 5 nitrogen and oxygen atoms in total. The number of carbonyl (C=O) groups excluding carboxylic acids is 1. The number of rotatable bonds is 3. The number of para-hydroxylation sites is 1. The smallest absolute Gasteiger partial charge is 0.321 e. The molecule has 24 heavy (non-hydrogen) atoms. The fourth-order valence-corrected chi connectivity index (χ4v) is 3.57. The lowest BCUT2D eigenvalue weighted by molar-refractivity contribution is -0.0891. The maximum absolute atomic E-state index is 12.7. The van der Waals surface area contributed by atoms with Crippen LogP contribution in [-0.4, -0.2) is 23.8 Å². The summed E-state index contributed by atoms with van der Waals surface area (Å²) in [6, 6.07) is 15.6. The second-order valence-corrected chi connectivity index (χ2v) is 6.43. The molecule has 2 heterocycles. The van der Waals surface area contributed by atoms with E-state index < -0.39 is 5.72 Å². The van der Waals surface area contributed by atoms with Crippen molar-refractivity contribution in [3.05, 3.63) is 59.7 Å². The van der Waals surface area contributed by atoms with Gasteiger partial charge in [-0.25, -0.2) is 4.79 Å². The lowest BCUT2D eigenvalue weighted by atomic mass is 9.90. The molecule has 0 aliphatic carbocycles. The predicted molar refractivity (Wildman–Crippen MR) is 89.9 cm³/mol. The SMILES string of the molecule is COc1cccc2c1O[C@@]1(C)C[C@H]2NC(=O)N1Cc1ccccc1. The van der Waals surface area contributed by atoms with E-state index in [0.29, 0.717) is 18.7 Å². The molecule has 2 amide bonds. The minimum Gasteiger partial charge on any atom is -0.493 e. The zero-order chi connectivity index (χ0) is 16.7. The van der Waals surface area contributed by atoms with Crippen molar-refractivity contribution in [3.8, 4) is 11.5 Å². The van der Waals surface area contributed by atoms with Crippen molar-refractivity contribution in [1.82, 2.24) is 10.2 Å². The van der Waals surface area contributed by atoms with Crippen molar-refractivity contribution < 1.29 is 14.3 Å². The van der Waals surface area contributed by atoms with Gasteiger partial charge in [-0.2, -0.15) is 0 Å². The zero-order valence-electron chi connectivity index (χ0n) is 13.8. The van der Waals surface area contributed by atoms with E-state index in [2.05, 4.69) is 5.32 Å². The molecule has 2 aliphatic heterocycles. The molecule has 5 heteroatoms. The van der Waals surface area contributed by atoms with Gasteiger partial charge in [0.2, 0.25) is 0 Å². The van der Waals surface area contributed by atoms with Crippen molar-refractivity contribution in [1.29, 1.82) is 0 Å². The summed E-state index contributed by atoms with van der Waals surface area (Å²) >= 11 is 0. The Kier molecular flexibility index (Phi) is 3.37. The number of amides is 2. The van der Waals surface area contributed by atoms with Crippen LogP contribution in [0.4, 0.5) is 4.79 Å². The van der Waals surface area contributed by atoms with Crippen molar-refractivity contribution in [3.63, 3.8) is 0 Å². The number of methoxy groups -OCH3 is 1. The summed E-state index contributed by atoms with van der Waals surface area (Å²) in [5, 5.41) is 3.10. The van der Waals surface area contributed by atoms with Gasteiger partial charge in [0.25, 0.3) is 0 Å². The third-order valence-corrected chi connectivity index (χ3v) is 4.81. The first-order valence-electron chi connectivity index (χ1n) is 8.09. The fraction of sp³-hybridized carbons (Fsp3) is 0.316. The Morgan fingerprint density at radius 1 is 1.25 bits per heavy atom. The molecule has 1 N–H and O–H groups in total. The van der Waals surface area contributed by atoms with Gasteiger partial charge in [-0.15, -0.1) is 0 Å². The number of carbonyl (C=O) groups is 1. The molecule has 0 spiro atoms.